The maximum Gasteiger partial charge on any atom is 0.250 e. The number of hydrogen-bond acceptors (Lipinski definition) is 8. The first-order valence-electron chi connectivity index (χ1n) is 8.80. The molecule has 2 heterocycles. The molecule has 0 radical (unpaired) electrons. The molecule has 1 aromatic rings. The van der Waals surface area contributed by atoms with Crippen LogP contribution in [0.1, 0.15) is 52.1 Å². The van der Waals surface area contributed by atoms with E-state index in [0.717, 1.165) is 0 Å². The molecular weight excluding hydrogens is 412 g/mol. The molecule has 0 saturated carbocycles. The zero-order valence-corrected chi connectivity index (χ0v) is 18.2. The molecule has 0 amide bonds. The van der Waals surface area contributed by atoms with E-state index in [9.17, 15) is 26.7 Å². The number of nitrogens with one attached hydrogen (secondary N) is 2. The summed E-state index contributed by atoms with van der Waals surface area (Å²) in [4.78, 5) is 12.0. The second-order valence-corrected chi connectivity index (χ2v) is 12.2. The summed E-state index contributed by atoms with van der Waals surface area (Å²) < 4.78 is 53.0. The average molecular weight is 439 g/mol. The van der Waals surface area contributed by atoms with Crippen LogP contribution in [0.2, 0.25) is 0 Å². The number of sulfonamides is 1. The Balaban J connectivity index is 2.46. The Bertz CT molecular complexity index is 905. The molecule has 1 unspecified atom stereocenters. The number of hydrogen-bond donors (Lipinski definition) is 3. The Morgan fingerprint density at radius 1 is 1.41 bits per heavy atom. The highest BCUT2D eigenvalue weighted by atomic mass is 32.3. The highest BCUT2D eigenvalue weighted by Crippen LogP contribution is 2.42. The van der Waals surface area contributed by atoms with Crippen molar-refractivity contribution < 1.29 is 26.7 Å². The lowest BCUT2D eigenvalue weighted by Gasteiger charge is -2.27. The molecule has 0 aromatic carbocycles. The van der Waals surface area contributed by atoms with Crippen LogP contribution in [0, 0.1) is 0 Å². The molecule has 4 atom stereocenters. The van der Waals surface area contributed by atoms with Crippen LogP contribution in [-0.4, -0.2) is 51.7 Å². The van der Waals surface area contributed by atoms with Crippen molar-refractivity contribution in [1.82, 2.24) is 10.0 Å². The van der Waals surface area contributed by atoms with Gasteiger partial charge in [-0.25, -0.2) is 16.8 Å². The largest absolute Gasteiger partial charge is 0.386 e. The lowest BCUT2D eigenvalue weighted by molar-refractivity contribution is -0.128. The number of sulfone groups is 1. The molecule has 27 heavy (non-hydrogen) atoms. The summed E-state index contributed by atoms with van der Waals surface area (Å²) >= 11 is 0.703. The molecule has 3 N–H and O–H groups in total. The summed E-state index contributed by atoms with van der Waals surface area (Å²) in [5.74, 6) is -0.630. The van der Waals surface area contributed by atoms with Gasteiger partial charge in [-0.15, -0.1) is 11.3 Å². The Hall–Kier alpha value is -0.850. The predicted octanol–water partition coefficient (Wildman–Crippen LogP) is 0.971. The molecular formula is C16H26N2O6S3. The van der Waals surface area contributed by atoms with Gasteiger partial charge >= 0.3 is 0 Å². The third-order valence-electron chi connectivity index (χ3n) is 4.61. The number of ketones is 1. The normalized spacial score (nSPS) is 24.2. The van der Waals surface area contributed by atoms with Crippen LogP contribution >= 0.6 is 11.3 Å². The minimum atomic E-state index is -4.11. The molecule has 0 aliphatic carbocycles. The van der Waals surface area contributed by atoms with Crippen LogP contribution in [0.25, 0.3) is 0 Å². The minimum absolute atomic E-state index is 0.0578. The minimum Gasteiger partial charge on any atom is -0.386 e. The summed E-state index contributed by atoms with van der Waals surface area (Å²) in [5, 5.41) is 12.0. The predicted molar refractivity (Wildman–Crippen MR) is 103 cm³/mol. The van der Waals surface area contributed by atoms with Crippen LogP contribution in [0.3, 0.4) is 0 Å². The van der Waals surface area contributed by atoms with E-state index in [1.54, 1.807) is 13.8 Å². The van der Waals surface area contributed by atoms with Crippen molar-refractivity contribution in [2.24, 2.45) is 0 Å². The van der Waals surface area contributed by atoms with Crippen LogP contribution < -0.4 is 10.0 Å². The quantitative estimate of drug-likeness (QED) is 0.551. The van der Waals surface area contributed by atoms with E-state index in [0.29, 0.717) is 29.9 Å². The molecule has 0 fully saturated rings. The number of aliphatic hydroxyl groups excluding tert-OH is 1. The number of fused-ring (bicyclic) bond motifs is 1. The molecule has 2 rings (SSSR count). The third kappa shape index (κ3) is 4.43. The number of rotatable bonds is 8. The maximum atomic E-state index is 12.8. The summed E-state index contributed by atoms with van der Waals surface area (Å²) in [6.07, 6.45) is -0.762. The third-order valence-corrected chi connectivity index (χ3v) is 10.5. The van der Waals surface area contributed by atoms with Gasteiger partial charge < -0.3 is 10.4 Å². The van der Waals surface area contributed by atoms with Crippen molar-refractivity contribution in [1.29, 1.82) is 0 Å². The number of carbonyl (C=O) groups excluding carboxylic acids is 1. The zero-order chi connectivity index (χ0) is 20.6. The van der Waals surface area contributed by atoms with E-state index < -0.39 is 43.0 Å². The van der Waals surface area contributed by atoms with Gasteiger partial charge in [0.25, 0.3) is 10.0 Å². The molecule has 8 nitrogen and oxygen atoms in total. The Labute approximate surface area is 164 Å². The maximum absolute atomic E-state index is 12.8. The lowest BCUT2D eigenvalue weighted by atomic mass is 10.1. The fourth-order valence-electron chi connectivity index (χ4n) is 3.05. The first-order chi connectivity index (χ1) is 12.5. The summed E-state index contributed by atoms with van der Waals surface area (Å²) in [6, 6.07) is 0.0533. The molecule has 0 saturated heterocycles. The topological polar surface area (TPSA) is 130 Å². The van der Waals surface area contributed by atoms with Crippen molar-refractivity contribution in [3.05, 3.63) is 11.6 Å². The zero-order valence-electron chi connectivity index (χ0n) is 15.7. The highest BCUT2D eigenvalue weighted by molar-refractivity contribution is 7.95. The monoisotopic (exact) mass is 438 g/mol. The average Bonchev–Trinajstić information content (AvgIpc) is 3.05. The Morgan fingerprint density at radius 3 is 2.56 bits per heavy atom. The second-order valence-electron chi connectivity index (χ2n) is 6.67. The van der Waals surface area contributed by atoms with E-state index in [-0.39, 0.29) is 20.9 Å². The number of thiophene rings is 1. The standard InChI is InChI=1S/C16H26N2O6S3/c1-5-12(15(20)10(4)19)18-27(23,24)14-8-11-13(17-6-2)7-9(3)26(21,22)16(11)25-14/h8-10,12-13,17-19H,5-7H2,1-4H3/t9-,10-,12?,13-/m0/s1. The molecule has 1 aromatic heterocycles. The lowest BCUT2D eigenvalue weighted by Crippen LogP contribution is -2.43. The summed E-state index contributed by atoms with van der Waals surface area (Å²) in [6.45, 7) is 7.03. The van der Waals surface area contributed by atoms with Gasteiger partial charge in [0.2, 0.25) is 0 Å². The van der Waals surface area contributed by atoms with Crippen LogP contribution in [0.4, 0.5) is 0 Å². The summed E-state index contributed by atoms with van der Waals surface area (Å²) in [5.41, 5.74) is 0.454. The fourth-order valence-corrected chi connectivity index (χ4v) is 8.35. The fraction of sp³-hybridized carbons (Fsp3) is 0.688. The van der Waals surface area contributed by atoms with E-state index in [1.807, 2.05) is 6.92 Å². The smallest absolute Gasteiger partial charge is 0.250 e. The molecule has 1 aliphatic rings. The first kappa shape index (κ1) is 22.4. The second kappa shape index (κ2) is 8.26. The van der Waals surface area contributed by atoms with Crippen molar-refractivity contribution in [2.45, 2.75) is 72.4 Å². The Morgan fingerprint density at radius 2 is 2.04 bits per heavy atom. The van der Waals surface area contributed by atoms with Crippen molar-refractivity contribution >= 4 is 37.0 Å². The number of aliphatic hydroxyl groups is 1. The van der Waals surface area contributed by atoms with Crippen LogP contribution in [0.5, 0.6) is 0 Å². The number of Topliss-reactive ketones (excluding diaryl/α,β-unsaturated/α-hetero) is 1. The van der Waals surface area contributed by atoms with E-state index in [2.05, 4.69) is 10.0 Å². The van der Waals surface area contributed by atoms with Gasteiger partial charge in [0.05, 0.1) is 11.3 Å². The van der Waals surface area contributed by atoms with Crippen LogP contribution in [0.15, 0.2) is 14.5 Å². The SMILES string of the molecule is CCN[C@H]1C[C@H](C)S(=O)(=O)c2sc(S(=O)(=O)NC(CC)C(=O)[C@H](C)O)cc21. The van der Waals surface area contributed by atoms with Gasteiger partial charge in [0.15, 0.2) is 15.6 Å². The van der Waals surface area contributed by atoms with Gasteiger partial charge in [-0.1, -0.05) is 13.8 Å². The number of carbonyl (C=O) groups is 1. The van der Waals surface area contributed by atoms with E-state index in [4.69, 9.17) is 0 Å². The van der Waals surface area contributed by atoms with Gasteiger partial charge in [-0.2, -0.15) is 4.72 Å². The van der Waals surface area contributed by atoms with Gasteiger partial charge in [0, 0.05) is 11.6 Å². The highest BCUT2D eigenvalue weighted by Gasteiger charge is 2.40. The van der Waals surface area contributed by atoms with Crippen molar-refractivity contribution in [3.63, 3.8) is 0 Å². The van der Waals surface area contributed by atoms with Gasteiger partial charge in [0.1, 0.15) is 14.5 Å². The van der Waals surface area contributed by atoms with E-state index in [1.165, 1.54) is 13.0 Å². The first-order valence-corrected chi connectivity index (χ1v) is 12.6. The molecule has 154 valence electrons. The van der Waals surface area contributed by atoms with Crippen molar-refractivity contribution in [3.8, 4) is 0 Å². The Kier molecular flexibility index (Phi) is 6.86. The van der Waals surface area contributed by atoms with Crippen molar-refractivity contribution in [2.75, 3.05) is 6.54 Å². The van der Waals surface area contributed by atoms with Crippen LogP contribution in [-0.2, 0) is 24.7 Å². The molecule has 11 heteroatoms. The van der Waals surface area contributed by atoms with Gasteiger partial charge in [-0.05, 0) is 39.3 Å². The molecule has 1 aliphatic heterocycles. The van der Waals surface area contributed by atoms with E-state index >= 15 is 0 Å². The molecule has 0 bridgehead atoms. The molecule has 0 spiro atoms. The van der Waals surface area contributed by atoms with Gasteiger partial charge in [-0.3, -0.25) is 4.79 Å². The summed E-state index contributed by atoms with van der Waals surface area (Å²) in [7, 11) is -7.70.